The number of fused-ring (bicyclic) bond motifs is 2. The minimum atomic E-state index is -0.882. The van der Waals surface area contributed by atoms with Gasteiger partial charge in [-0.25, -0.2) is 0 Å². The van der Waals surface area contributed by atoms with Crippen molar-refractivity contribution in [3.05, 3.63) is 71.5 Å². The average molecular weight is 358 g/mol. The maximum Gasteiger partial charge on any atom is 0.464 e. The van der Waals surface area contributed by atoms with Crippen LogP contribution in [-0.2, 0) is 11.2 Å². The van der Waals surface area contributed by atoms with Crippen LogP contribution < -0.4 is 16.5 Å². The number of pyridine rings is 1. The van der Waals surface area contributed by atoms with E-state index in [1.807, 2.05) is 42.5 Å². The van der Waals surface area contributed by atoms with Crippen molar-refractivity contribution >= 4 is 35.3 Å². The molecular formula is C20H19BN4O2. The van der Waals surface area contributed by atoms with Gasteiger partial charge < -0.3 is 16.1 Å². The van der Waals surface area contributed by atoms with Crippen LogP contribution in [0.2, 0.25) is 0 Å². The Bertz CT molecular complexity index is 1040. The fraction of sp³-hybridized carbons (Fsp3) is 0.150. The number of carbonyl (C=O) groups is 1. The van der Waals surface area contributed by atoms with Crippen molar-refractivity contribution in [2.24, 2.45) is 10.8 Å². The smallest absolute Gasteiger partial charge is 0.428 e. The molecule has 7 heteroatoms. The predicted molar refractivity (Wildman–Crippen MR) is 107 cm³/mol. The number of aromatic nitrogens is 1. The lowest BCUT2D eigenvalue weighted by molar-refractivity contribution is -0.119. The number of nitrogens with zero attached hydrogens (tertiary/aromatic N) is 2. The zero-order valence-electron chi connectivity index (χ0n) is 14.7. The lowest BCUT2D eigenvalue weighted by atomic mass is 9.70. The number of benzene rings is 2. The van der Waals surface area contributed by atoms with Gasteiger partial charge in [0.15, 0.2) is 0 Å². The highest BCUT2D eigenvalue weighted by Gasteiger charge is 2.25. The standard InChI is InChI=1S/C20H19BN4O2/c22-10-18(15-3-4-17-12-24-25-21(27)19(17)9-15)20(26)8-13-1-2-16-11-23-6-5-14(16)7-13/h1-7,9,11-12,18,25,27H,8,10,22H2/t18-/m1/s1. The van der Waals surface area contributed by atoms with Gasteiger partial charge in [0.1, 0.15) is 5.78 Å². The second-order valence-corrected chi connectivity index (χ2v) is 6.67. The number of nitrogens with two attached hydrogens (primary N) is 1. The lowest BCUT2D eigenvalue weighted by Gasteiger charge is -2.19. The summed E-state index contributed by atoms with van der Waals surface area (Å²) in [6, 6.07) is 13.4. The van der Waals surface area contributed by atoms with Gasteiger partial charge in [-0.2, -0.15) is 5.10 Å². The molecular weight excluding hydrogens is 339 g/mol. The molecule has 2 aromatic carbocycles. The molecule has 4 rings (SSSR count). The molecule has 0 saturated heterocycles. The first-order valence-corrected chi connectivity index (χ1v) is 8.81. The van der Waals surface area contributed by atoms with E-state index in [-0.39, 0.29) is 12.3 Å². The van der Waals surface area contributed by atoms with Gasteiger partial charge in [-0.15, -0.1) is 0 Å². The van der Waals surface area contributed by atoms with E-state index in [9.17, 15) is 9.82 Å². The monoisotopic (exact) mass is 358 g/mol. The Morgan fingerprint density at radius 2 is 2.07 bits per heavy atom. The maximum atomic E-state index is 12.9. The van der Waals surface area contributed by atoms with Gasteiger partial charge in [0.2, 0.25) is 0 Å². The molecule has 1 aliphatic rings. The molecule has 0 fully saturated rings. The average Bonchev–Trinajstić information content (AvgIpc) is 2.69. The summed E-state index contributed by atoms with van der Waals surface area (Å²) in [5.74, 6) is -0.368. The summed E-state index contributed by atoms with van der Waals surface area (Å²) in [5, 5.41) is 18.7. The number of ketones is 1. The lowest BCUT2D eigenvalue weighted by Crippen LogP contribution is -2.47. The number of carbonyl (C=O) groups excluding carboxylic acids is 1. The minimum absolute atomic E-state index is 0.0535. The maximum absolute atomic E-state index is 12.9. The summed E-state index contributed by atoms with van der Waals surface area (Å²) in [5.41, 5.74) is 9.21. The largest absolute Gasteiger partial charge is 0.464 e. The molecule has 1 atom stereocenters. The molecule has 134 valence electrons. The third-order valence-corrected chi connectivity index (χ3v) is 4.92. The second-order valence-electron chi connectivity index (χ2n) is 6.67. The number of rotatable bonds is 5. The van der Waals surface area contributed by atoms with Gasteiger partial charge in [0.05, 0.1) is 12.1 Å². The molecule has 2 heterocycles. The Morgan fingerprint density at radius 3 is 2.93 bits per heavy atom. The highest BCUT2D eigenvalue weighted by atomic mass is 16.2. The molecule has 0 unspecified atom stereocenters. The highest BCUT2D eigenvalue weighted by molar-refractivity contribution is 6.65. The van der Waals surface area contributed by atoms with Crippen molar-refractivity contribution in [3.63, 3.8) is 0 Å². The number of hydrogen-bond donors (Lipinski definition) is 3. The van der Waals surface area contributed by atoms with Crippen LogP contribution in [0, 0.1) is 0 Å². The van der Waals surface area contributed by atoms with E-state index in [0.29, 0.717) is 11.9 Å². The van der Waals surface area contributed by atoms with Gasteiger partial charge in [-0.3, -0.25) is 9.78 Å². The Labute approximate surface area is 157 Å². The second kappa shape index (κ2) is 7.30. The fourth-order valence-electron chi connectivity index (χ4n) is 3.43. The van der Waals surface area contributed by atoms with Crippen LogP contribution in [-0.4, -0.2) is 35.6 Å². The first kappa shape index (κ1) is 17.4. The fourth-order valence-corrected chi connectivity index (χ4v) is 3.43. The molecule has 1 aromatic heterocycles. The van der Waals surface area contributed by atoms with Crippen LogP contribution in [0.15, 0.2) is 60.0 Å². The Morgan fingerprint density at radius 1 is 1.19 bits per heavy atom. The third kappa shape index (κ3) is 3.47. The first-order chi connectivity index (χ1) is 13.2. The summed E-state index contributed by atoms with van der Waals surface area (Å²) in [7, 11) is -0.882. The van der Waals surface area contributed by atoms with Gasteiger partial charge in [-0.05, 0) is 33.6 Å². The van der Waals surface area contributed by atoms with E-state index >= 15 is 0 Å². The molecule has 0 aliphatic carbocycles. The van der Waals surface area contributed by atoms with E-state index in [2.05, 4.69) is 15.4 Å². The van der Waals surface area contributed by atoms with Crippen molar-refractivity contribution in [1.29, 1.82) is 0 Å². The number of hydrazone groups is 1. The van der Waals surface area contributed by atoms with Crippen LogP contribution in [0.4, 0.5) is 0 Å². The Kier molecular flexibility index (Phi) is 4.70. The highest BCUT2D eigenvalue weighted by Crippen LogP contribution is 2.21. The van der Waals surface area contributed by atoms with Gasteiger partial charge in [-0.1, -0.05) is 36.4 Å². The van der Waals surface area contributed by atoms with Crippen molar-refractivity contribution in [2.75, 3.05) is 6.54 Å². The van der Waals surface area contributed by atoms with Crippen molar-refractivity contribution in [2.45, 2.75) is 12.3 Å². The Balaban J connectivity index is 1.59. The topological polar surface area (TPSA) is 101 Å². The molecule has 0 radical (unpaired) electrons. The van der Waals surface area contributed by atoms with E-state index in [1.165, 1.54) is 0 Å². The van der Waals surface area contributed by atoms with Crippen LogP contribution in [0.1, 0.15) is 22.6 Å². The number of Topliss-reactive ketones (excluding diaryl/α,β-unsaturated/α-hetero) is 1. The van der Waals surface area contributed by atoms with E-state index in [0.717, 1.165) is 27.5 Å². The van der Waals surface area contributed by atoms with Crippen molar-refractivity contribution < 1.29 is 9.82 Å². The molecule has 6 nitrogen and oxygen atoms in total. The van der Waals surface area contributed by atoms with Gasteiger partial charge in [0.25, 0.3) is 0 Å². The molecule has 3 aromatic rings. The quantitative estimate of drug-likeness (QED) is 0.584. The summed E-state index contributed by atoms with van der Waals surface area (Å²) >= 11 is 0. The predicted octanol–water partition coefficient (Wildman–Crippen LogP) is 0.713. The number of nitrogens with one attached hydrogen (secondary N) is 1. The molecule has 0 bridgehead atoms. The summed E-state index contributed by atoms with van der Waals surface area (Å²) in [6.45, 7) is 0.215. The van der Waals surface area contributed by atoms with Gasteiger partial charge in [0, 0.05) is 30.7 Å². The summed E-state index contributed by atoms with van der Waals surface area (Å²) in [6.07, 6.45) is 5.50. The summed E-state index contributed by atoms with van der Waals surface area (Å²) in [4.78, 5) is 17.0. The molecule has 1 aliphatic heterocycles. The van der Waals surface area contributed by atoms with Gasteiger partial charge >= 0.3 is 7.05 Å². The molecule has 0 amide bonds. The zero-order valence-corrected chi connectivity index (χ0v) is 14.7. The summed E-state index contributed by atoms with van der Waals surface area (Å²) < 4.78 is 0. The van der Waals surface area contributed by atoms with E-state index in [4.69, 9.17) is 5.73 Å². The van der Waals surface area contributed by atoms with E-state index < -0.39 is 13.0 Å². The van der Waals surface area contributed by atoms with Crippen LogP contribution in [0.5, 0.6) is 0 Å². The van der Waals surface area contributed by atoms with Crippen LogP contribution in [0.3, 0.4) is 0 Å². The number of hydrogen-bond acceptors (Lipinski definition) is 6. The van der Waals surface area contributed by atoms with Crippen molar-refractivity contribution in [3.8, 4) is 0 Å². The normalized spacial score (nSPS) is 13.9. The first-order valence-electron chi connectivity index (χ1n) is 8.81. The van der Waals surface area contributed by atoms with Crippen LogP contribution in [0.25, 0.3) is 10.8 Å². The molecule has 27 heavy (non-hydrogen) atoms. The zero-order chi connectivity index (χ0) is 18.8. The van der Waals surface area contributed by atoms with Crippen LogP contribution >= 0.6 is 0 Å². The molecule has 4 N–H and O–H groups in total. The minimum Gasteiger partial charge on any atom is -0.428 e. The van der Waals surface area contributed by atoms with Crippen molar-refractivity contribution in [1.82, 2.24) is 10.3 Å². The third-order valence-electron chi connectivity index (χ3n) is 4.92. The van der Waals surface area contributed by atoms with E-state index in [1.54, 1.807) is 18.6 Å². The SMILES string of the molecule is NC[C@@H](C(=O)Cc1ccc2cnccc2c1)c1ccc2c(c1)B(O)NN=C2. The molecule has 0 saturated carbocycles. The Hall–Kier alpha value is -3.03. The molecule has 0 spiro atoms.